The van der Waals surface area contributed by atoms with Gasteiger partial charge in [-0.2, -0.15) is 0 Å². The molecule has 1 N–H and O–H groups in total. The first-order chi connectivity index (χ1) is 10.8. The van der Waals surface area contributed by atoms with Crippen LogP contribution < -0.4 is 10.1 Å². The second-order valence-electron chi connectivity index (χ2n) is 4.86. The fraction of sp³-hybridized carbons (Fsp3) is 0.235. The standard InChI is InChI=1S/C17H18N2O2S/c1-3-13-5-6-14(22-13)9-19-12-4-7-15(16(8-12)20-2)17-10-18-11-21-17/h4-8,10-11,19H,3,9H2,1-2H3. The molecule has 0 radical (unpaired) electrons. The van der Waals surface area contributed by atoms with Gasteiger partial charge in [0, 0.05) is 28.1 Å². The first-order valence-electron chi connectivity index (χ1n) is 7.18. The van der Waals surface area contributed by atoms with Crippen molar-refractivity contribution in [1.29, 1.82) is 0 Å². The molecule has 2 aromatic heterocycles. The summed E-state index contributed by atoms with van der Waals surface area (Å²) in [6, 6.07) is 10.3. The van der Waals surface area contributed by atoms with E-state index in [1.165, 1.54) is 16.1 Å². The number of anilines is 1. The van der Waals surface area contributed by atoms with E-state index in [0.717, 1.165) is 30.0 Å². The first-order valence-corrected chi connectivity index (χ1v) is 8.00. The molecular weight excluding hydrogens is 296 g/mol. The van der Waals surface area contributed by atoms with Gasteiger partial charge in [0.2, 0.25) is 0 Å². The fourth-order valence-corrected chi connectivity index (χ4v) is 3.15. The van der Waals surface area contributed by atoms with Crippen molar-refractivity contribution in [2.75, 3.05) is 12.4 Å². The number of aryl methyl sites for hydroxylation is 1. The Balaban J connectivity index is 1.74. The number of oxazole rings is 1. The Bertz CT molecular complexity index is 735. The van der Waals surface area contributed by atoms with Crippen LogP contribution in [-0.4, -0.2) is 12.1 Å². The predicted molar refractivity (Wildman–Crippen MR) is 89.5 cm³/mol. The summed E-state index contributed by atoms with van der Waals surface area (Å²) in [6.45, 7) is 2.99. The maximum Gasteiger partial charge on any atom is 0.181 e. The van der Waals surface area contributed by atoms with Crippen LogP contribution >= 0.6 is 11.3 Å². The van der Waals surface area contributed by atoms with Gasteiger partial charge < -0.3 is 14.5 Å². The van der Waals surface area contributed by atoms with Gasteiger partial charge in [-0.3, -0.25) is 0 Å². The Morgan fingerprint density at radius 1 is 1.23 bits per heavy atom. The molecule has 22 heavy (non-hydrogen) atoms. The number of nitrogens with zero attached hydrogens (tertiary/aromatic N) is 1. The summed E-state index contributed by atoms with van der Waals surface area (Å²) in [5.74, 6) is 1.47. The molecule has 0 saturated heterocycles. The summed E-state index contributed by atoms with van der Waals surface area (Å²) < 4.78 is 10.8. The Labute approximate surface area is 133 Å². The van der Waals surface area contributed by atoms with Gasteiger partial charge in [-0.05, 0) is 30.7 Å². The Hall–Kier alpha value is -2.27. The smallest absolute Gasteiger partial charge is 0.181 e. The number of nitrogens with one attached hydrogen (secondary N) is 1. The summed E-state index contributed by atoms with van der Waals surface area (Å²) in [5, 5.41) is 3.43. The lowest BCUT2D eigenvalue weighted by Gasteiger charge is -2.10. The van der Waals surface area contributed by atoms with E-state index in [2.05, 4.69) is 29.4 Å². The number of thiophene rings is 1. The van der Waals surface area contributed by atoms with Crippen LogP contribution in [0.2, 0.25) is 0 Å². The topological polar surface area (TPSA) is 47.3 Å². The maximum atomic E-state index is 5.46. The maximum absolute atomic E-state index is 5.46. The van der Waals surface area contributed by atoms with Gasteiger partial charge >= 0.3 is 0 Å². The molecular formula is C17H18N2O2S. The van der Waals surface area contributed by atoms with E-state index >= 15 is 0 Å². The second-order valence-corrected chi connectivity index (χ2v) is 6.11. The number of rotatable bonds is 6. The zero-order chi connectivity index (χ0) is 15.4. The van der Waals surface area contributed by atoms with E-state index < -0.39 is 0 Å². The fourth-order valence-electron chi connectivity index (χ4n) is 2.25. The van der Waals surface area contributed by atoms with E-state index in [1.807, 2.05) is 29.5 Å². The van der Waals surface area contributed by atoms with Gasteiger partial charge in [-0.15, -0.1) is 11.3 Å². The van der Waals surface area contributed by atoms with Crippen molar-refractivity contribution in [3.05, 3.63) is 52.7 Å². The van der Waals surface area contributed by atoms with Crippen molar-refractivity contribution in [1.82, 2.24) is 4.98 Å². The number of hydrogen-bond donors (Lipinski definition) is 1. The van der Waals surface area contributed by atoms with Gasteiger partial charge in [-0.1, -0.05) is 6.92 Å². The van der Waals surface area contributed by atoms with E-state index in [-0.39, 0.29) is 0 Å². The summed E-state index contributed by atoms with van der Waals surface area (Å²) in [5.41, 5.74) is 1.92. The van der Waals surface area contributed by atoms with Crippen LogP contribution in [0.1, 0.15) is 16.7 Å². The van der Waals surface area contributed by atoms with Crippen LogP contribution in [0.4, 0.5) is 5.69 Å². The van der Waals surface area contributed by atoms with Gasteiger partial charge in [0.1, 0.15) is 5.75 Å². The molecule has 3 aromatic rings. The van der Waals surface area contributed by atoms with Crippen molar-refractivity contribution in [2.24, 2.45) is 0 Å². The molecule has 3 rings (SSSR count). The largest absolute Gasteiger partial charge is 0.496 e. The van der Waals surface area contributed by atoms with E-state index in [9.17, 15) is 0 Å². The van der Waals surface area contributed by atoms with Crippen molar-refractivity contribution in [2.45, 2.75) is 19.9 Å². The monoisotopic (exact) mass is 314 g/mol. The molecule has 0 aliphatic rings. The Morgan fingerprint density at radius 3 is 2.77 bits per heavy atom. The third-order valence-electron chi connectivity index (χ3n) is 3.43. The highest BCUT2D eigenvalue weighted by atomic mass is 32.1. The molecule has 5 heteroatoms. The van der Waals surface area contributed by atoms with Crippen molar-refractivity contribution in [3.63, 3.8) is 0 Å². The van der Waals surface area contributed by atoms with Crippen LogP contribution in [0.3, 0.4) is 0 Å². The van der Waals surface area contributed by atoms with Gasteiger partial charge in [0.05, 0.1) is 18.9 Å². The minimum atomic E-state index is 0.703. The van der Waals surface area contributed by atoms with Crippen LogP contribution in [0.15, 0.2) is 47.3 Å². The molecule has 0 fully saturated rings. The lowest BCUT2D eigenvalue weighted by Crippen LogP contribution is -1.98. The summed E-state index contributed by atoms with van der Waals surface area (Å²) in [7, 11) is 1.66. The third-order valence-corrected chi connectivity index (χ3v) is 4.66. The highest BCUT2D eigenvalue weighted by Gasteiger charge is 2.10. The van der Waals surface area contributed by atoms with Crippen molar-refractivity contribution < 1.29 is 9.15 Å². The normalized spacial score (nSPS) is 10.6. The average Bonchev–Trinajstić information content (AvgIpc) is 3.24. The SMILES string of the molecule is CCc1ccc(CNc2ccc(-c3cnco3)c(OC)c2)s1. The Kier molecular flexibility index (Phi) is 4.44. The van der Waals surface area contributed by atoms with Crippen LogP contribution in [0, 0.1) is 0 Å². The molecule has 0 amide bonds. The van der Waals surface area contributed by atoms with Crippen molar-refractivity contribution >= 4 is 17.0 Å². The van der Waals surface area contributed by atoms with E-state index in [0.29, 0.717) is 5.76 Å². The number of benzene rings is 1. The predicted octanol–water partition coefficient (Wildman–Crippen LogP) is 4.59. The van der Waals surface area contributed by atoms with Crippen LogP contribution in [0.25, 0.3) is 11.3 Å². The molecule has 0 saturated carbocycles. The van der Waals surface area contributed by atoms with Gasteiger partial charge in [-0.25, -0.2) is 4.98 Å². The number of aromatic nitrogens is 1. The summed E-state index contributed by atoms with van der Waals surface area (Å²) in [4.78, 5) is 6.69. The highest BCUT2D eigenvalue weighted by Crippen LogP contribution is 2.32. The van der Waals surface area contributed by atoms with Crippen molar-refractivity contribution in [3.8, 4) is 17.1 Å². The number of hydrogen-bond acceptors (Lipinski definition) is 5. The van der Waals surface area contributed by atoms with Gasteiger partial charge in [0.15, 0.2) is 12.2 Å². The quantitative estimate of drug-likeness (QED) is 0.723. The second kappa shape index (κ2) is 6.66. The molecule has 2 heterocycles. The molecule has 4 nitrogen and oxygen atoms in total. The molecule has 0 bridgehead atoms. The zero-order valence-corrected chi connectivity index (χ0v) is 13.4. The highest BCUT2D eigenvalue weighted by molar-refractivity contribution is 7.12. The minimum absolute atomic E-state index is 0.703. The third kappa shape index (κ3) is 3.14. The van der Waals surface area contributed by atoms with Gasteiger partial charge in [0.25, 0.3) is 0 Å². The molecule has 0 atom stereocenters. The number of ether oxygens (including phenoxy) is 1. The molecule has 0 aliphatic heterocycles. The minimum Gasteiger partial charge on any atom is -0.496 e. The lowest BCUT2D eigenvalue weighted by atomic mass is 10.1. The van der Waals surface area contributed by atoms with Crippen LogP contribution in [-0.2, 0) is 13.0 Å². The average molecular weight is 314 g/mol. The van der Waals surface area contributed by atoms with E-state index in [1.54, 1.807) is 13.3 Å². The Morgan fingerprint density at radius 2 is 2.09 bits per heavy atom. The number of methoxy groups -OCH3 is 1. The lowest BCUT2D eigenvalue weighted by molar-refractivity contribution is 0.415. The van der Waals surface area contributed by atoms with Crippen LogP contribution in [0.5, 0.6) is 5.75 Å². The molecule has 0 spiro atoms. The van der Waals surface area contributed by atoms with E-state index in [4.69, 9.17) is 9.15 Å². The molecule has 0 unspecified atom stereocenters. The summed E-state index contributed by atoms with van der Waals surface area (Å²) >= 11 is 1.85. The molecule has 0 aliphatic carbocycles. The molecule has 1 aromatic carbocycles. The molecule has 114 valence electrons. The first kappa shape index (κ1) is 14.7. The zero-order valence-electron chi connectivity index (χ0n) is 12.6. The summed E-state index contributed by atoms with van der Waals surface area (Å²) in [6.07, 6.45) is 4.19.